The Morgan fingerprint density at radius 1 is 1.00 bits per heavy atom. The van der Waals surface area contributed by atoms with E-state index in [1.165, 1.54) is 33.2 Å². The second-order valence-electron chi connectivity index (χ2n) is 9.00. The molecule has 1 atom stereocenters. The summed E-state index contributed by atoms with van der Waals surface area (Å²) in [6, 6.07) is 1.64. The number of rotatable bonds is 0. The average Bonchev–Trinajstić information content (AvgIpc) is 3.22. The molecule has 0 saturated heterocycles. The lowest BCUT2D eigenvalue weighted by Crippen LogP contribution is -2.24. The van der Waals surface area contributed by atoms with Crippen molar-refractivity contribution in [2.24, 2.45) is 5.92 Å². The Bertz CT molecular complexity index is 1230. The molecule has 2 aliphatic carbocycles. The quantitative estimate of drug-likeness (QED) is 0.381. The molecule has 4 aliphatic rings. The highest BCUT2D eigenvalue weighted by atomic mass is 19.1. The number of allylic oxidation sites excluding steroid dienone is 4. The van der Waals surface area contributed by atoms with E-state index < -0.39 is 0 Å². The molecule has 1 unspecified atom stereocenters. The van der Waals surface area contributed by atoms with E-state index in [4.69, 9.17) is 4.98 Å². The summed E-state index contributed by atoms with van der Waals surface area (Å²) in [4.78, 5) is 7.36. The van der Waals surface area contributed by atoms with Crippen molar-refractivity contribution in [3.05, 3.63) is 81.5 Å². The maximum Gasteiger partial charge on any atom is 0.128 e. The maximum atomic E-state index is 14.6. The van der Waals surface area contributed by atoms with E-state index in [0.717, 1.165) is 72.4 Å². The van der Waals surface area contributed by atoms with E-state index in [2.05, 4.69) is 31.1 Å². The van der Waals surface area contributed by atoms with E-state index in [1.807, 2.05) is 34.6 Å². The van der Waals surface area contributed by atoms with E-state index in [9.17, 15) is 4.39 Å². The molecular weight excluding hydrogens is 407 g/mol. The van der Waals surface area contributed by atoms with Gasteiger partial charge in [0.15, 0.2) is 0 Å². The molecule has 2 aliphatic heterocycles. The van der Waals surface area contributed by atoms with Crippen LogP contribution in [0.4, 0.5) is 4.39 Å². The predicted octanol–water partition coefficient (Wildman–Crippen LogP) is 8.19. The van der Waals surface area contributed by atoms with Crippen molar-refractivity contribution in [1.82, 2.24) is 9.88 Å². The van der Waals surface area contributed by atoms with E-state index in [0.29, 0.717) is 5.92 Å². The number of fused-ring (bicyclic) bond motifs is 4. The highest BCUT2D eigenvalue weighted by molar-refractivity contribution is 5.92. The Hall–Kier alpha value is -2.68. The molecule has 6 rings (SSSR count). The van der Waals surface area contributed by atoms with Gasteiger partial charge in [0.2, 0.25) is 0 Å². The summed E-state index contributed by atoms with van der Waals surface area (Å²) in [7, 11) is 0. The third kappa shape index (κ3) is 3.39. The number of nitrogens with zero attached hydrogens (tertiary/aromatic N) is 2. The fraction of sp³-hybridized carbons (Fsp3) is 0.433. The number of benzene rings is 1. The molecule has 1 aromatic heterocycles. The Labute approximate surface area is 198 Å². The number of aromatic nitrogens is 1. The molecule has 0 amide bonds. The Morgan fingerprint density at radius 3 is 2.42 bits per heavy atom. The highest BCUT2D eigenvalue weighted by Gasteiger charge is 2.38. The van der Waals surface area contributed by atoms with Gasteiger partial charge in [0, 0.05) is 28.6 Å². The minimum absolute atomic E-state index is 0.133. The molecule has 0 bridgehead atoms. The lowest BCUT2D eigenvalue weighted by atomic mass is 9.78. The molecule has 0 spiro atoms. The number of hydrogen-bond donors (Lipinski definition) is 0. The van der Waals surface area contributed by atoms with Crippen LogP contribution < -0.4 is 0 Å². The first-order valence-corrected chi connectivity index (χ1v) is 12.7. The van der Waals surface area contributed by atoms with E-state index in [1.54, 1.807) is 6.07 Å². The predicted molar refractivity (Wildman–Crippen MR) is 138 cm³/mol. The van der Waals surface area contributed by atoms with Gasteiger partial charge in [-0.25, -0.2) is 9.37 Å². The maximum absolute atomic E-state index is 14.6. The lowest BCUT2D eigenvalue weighted by Gasteiger charge is -2.36. The normalized spacial score (nSPS) is 20.3. The van der Waals surface area contributed by atoms with Crippen molar-refractivity contribution < 1.29 is 4.39 Å². The van der Waals surface area contributed by atoms with Crippen molar-refractivity contribution >= 4 is 16.6 Å². The highest BCUT2D eigenvalue weighted by Crippen LogP contribution is 2.49. The first-order valence-electron chi connectivity index (χ1n) is 12.7. The van der Waals surface area contributed by atoms with Crippen molar-refractivity contribution in [1.29, 1.82) is 0 Å². The second kappa shape index (κ2) is 8.93. The van der Waals surface area contributed by atoms with Crippen LogP contribution in [0, 0.1) is 18.7 Å². The van der Waals surface area contributed by atoms with Gasteiger partial charge in [-0.1, -0.05) is 53.3 Å². The molecule has 33 heavy (non-hydrogen) atoms. The number of halogens is 1. The number of aryl methyl sites for hydroxylation is 2. The first-order chi connectivity index (χ1) is 16.0. The standard InChI is InChI=1S/C26H25FN2.2C2H6/c1-13-8-9-18-16(4)29-12-21-19-7-5-6-17-15(3)22(27)11-23(25(17)19)28-26(21)24(29)10-20(18)14(13)2;2*1-2/h10-11,14H,1,4-9,12H2,2-3H3;2*1-2H3. The second-order valence-corrected chi connectivity index (χ2v) is 9.00. The molecule has 3 heteroatoms. The summed E-state index contributed by atoms with van der Waals surface area (Å²) in [5.41, 5.74) is 12.8. The zero-order valence-electron chi connectivity index (χ0n) is 21.2. The zero-order valence-corrected chi connectivity index (χ0v) is 21.2. The van der Waals surface area contributed by atoms with Gasteiger partial charge in [-0.05, 0) is 72.9 Å². The van der Waals surface area contributed by atoms with Crippen LogP contribution in [0.5, 0.6) is 0 Å². The van der Waals surface area contributed by atoms with Gasteiger partial charge in [-0.15, -0.1) is 0 Å². The third-order valence-electron chi connectivity index (χ3n) is 7.61. The van der Waals surface area contributed by atoms with Crippen LogP contribution >= 0.6 is 0 Å². The van der Waals surface area contributed by atoms with Gasteiger partial charge in [0.25, 0.3) is 0 Å². The molecular formula is C30H37FN2. The first kappa shape index (κ1) is 23.5. The van der Waals surface area contributed by atoms with Crippen molar-refractivity contribution in [2.75, 3.05) is 0 Å². The van der Waals surface area contributed by atoms with E-state index in [-0.39, 0.29) is 5.82 Å². The largest absolute Gasteiger partial charge is 0.335 e. The molecule has 0 radical (unpaired) electrons. The SMILES string of the molecule is C=C1CCC2=C(C=C3c4nc5cc(F)c(C)c6c5c(c4CN3C2=C)CCC6)C1C.CC.CC. The van der Waals surface area contributed by atoms with Gasteiger partial charge in [0.05, 0.1) is 23.5 Å². The molecule has 2 aromatic rings. The summed E-state index contributed by atoms with van der Waals surface area (Å²) in [6.45, 7) is 21.7. The molecule has 174 valence electrons. The van der Waals surface area contributed by atoms with Crippen LogP contribution in [0.2, 0.25) is 0 Å². The van der Waals surface area contributed by atoms with Crippen LogP contribution in [0.3, 0.4) is 0 Å². The number of pyridine rings is 1. The van der Waals surface area contributed by atoms with Crippen LogP contribution in [0.15, 0.2) is 47.7 Å². The molecule has 0 saturated carbocycles. The molecule has 0 fully saturated rings. The fourth-order valence-electron chi connectivity index (χ4n) is 5.82. The van der Waals surface area contributed by atoms with Crippen LogP contribution in [-0.4, -0.2) is 9.88 Å². The van der Waals surface area contributed by atoms with Crippen LogP contribution in [0.1, 0.15) is 81.8 Å². The summed E-state index contributed by atoms with van der Waals surface area (Å²) in [5.74, 6) is 0.214. The lowest BCUT2D eigenvalue weighted by molar-refractivity contribution is 0.494. The smallest absolute Gasteiger partial charge is 0.128 e. The molecule has 2 nitrogen and oxygen atoms in total. The Balaban J connectivity index is 0.000000617. The summed E-state index contributed by atoms with van der Waals surface area (Å²) in [6.07, 6.45) is 7.44. The monoisotopic (exact) mass is 444 g/mol. The van der Waals surface area contributed by atoms with Crippen molar-refractivity contribution in [3.63, 3.8) is 0 Å². The number of hydrogen-bond acceptors (Lipinski definition) is 2. The van der Waals surface area contributed by atoms with Gasteiger partial charge >= 0.3 is 0 Å². The van der Waals surface area contributed by atoms with Crippen LogP contribution in [-0.2, 0) is 19.4 Å². The van der Waals surface area contributed by atoms with Gasteiger partial charge in [0.1, 0.15) is 5.82 Å². The van der Waals surface area contributed by atoms with Gasteiger partial charge < -0.3 is 4.90 Å². The van der Waals surface area contributed by atoms with Gasteiger partial charge in [-0.2, -0.15) is 0 Å². The fourth-order valence-corrected chi connectivity index (χ4v) is 5.82. The Morgan fingerprint density at radius 2 is 1.70 bits per heavy atom. The molecule has 0 N–H and O–H groups in total. The van der Waals surface area contributed by atoms with Crippen molar-refractivity contribution in [3.8, 4) is 0 Å². The van der Waals surface area contributed by atoms with Crippen molar-refractivity contribution in [2.45, 2.75) is 80.2 Å². The summed E-state index contributed by atoms with van der Waals surface area (Å²) >= 11 is 0. The topological polar surface area (TPSA) is 16.1 Å². The minimum Gasteiger partial charge on any atom is -0.335 e. The summed E-state index contributed by atoms with van der Waals surface area (Å²) in [5, 5.41) is 1.21. The molecule has 1 aromatic carbocycles. The van der Waals surface area contributed by atoms with E-state index >= 15 is 0 Å². The molecule has 3 heterocycles. The van der Waals surface area contributed by atoms with Crippen LogP contribution in [0.25, 0.3) is 16.6 Å². The summed E-state index contributed by atoms with van der Waals surface area (Å²) < 4.78 is 14.6. The average molecular weight is 445 g/mol. The Kier molecular flexibility index (Phi) is 6.35. The van der Waals surface area contributed by atoms with Gasteiger partial charge in [-0.3, -0.25) is 0 Å². The zero-order chi connectivity index (χ0) is 24.0. The third-order valence-corrected chi connectivity index (χ3v) is 7.61. The minimum atomic E-state index is -0.133.